The van der Waals surface area contributed by atoms with Gasteiger partial charge in [0.1, 0.15) is 11.6 Å². The molecule has 2 amide bonds. The van der Waals surface area contributed by atoms with Crippen molar-refractivity contribution >= 4 is 11.8 Å². The Balaban J connectivity index is 2.31. The number of carbonyl (C=O) groups is 2. The number of rotatable bonds is 4. The highest BCUT2D eigenvalue weighted by Crippen LogP contribution is 2.32. The summed E-state index contributed by atoms with van der Waals surface area (Å²) in [7, 11) is 0. The summed E-state index contributed by atoms with van der Waals surface area (Å²) in [5, 5.41) is 3.03. The minimum atomic E-state index is -0.672. The Morgan fingerprint density at radius 3 is 2.10 bits per heavy atom. The van der Waals surface area contributed by atoms with Crippen LogP contribution < -0.4 is 5.32 Å². The Morgan fingerprint density at radius 1 is 1.05 bits per heavy atom. The molecule has 1 atom stereocenters. The third-order valence-corrected chi connectivity index (χ3v) is 5.46. The Hall–Kier alpha value is -1.06. The van der Waals surface area contributed by atoms with Crippen molar-refractivity contribution < 1.29 is 9.59 Å². The number of amides is 2. The summed E-state index contributed by atoms with van der Waals surface area (Å²) in [6.07, 6.45) is 9.04. The topological polar surface area (TPSA) is 49.4 Å². The lowest BCUT2D eigenvalue weighted by molar-refractivity contribution is -0.159. The maximum Gasteiger partial charge on any atom is 0.249 e. The second-order valence-electron chi connectivity index (χ2n) is 6.56. The summed E-state index contributed by atoms with van der Waals surface area (Å²) in [5.41, 5.74) is -0.672. The summed E-state index contributed by atoms with van der Waals surface area (Å²) < 4.78 is 0. The fourth-order valence-electron chi connectivity index (χ4n) is 3.96. The Kier molecular flexibility index (Phi) is 5.28. The van der Waals surface area contributed by atoms with Crippen molar-refractivity contribution in [2.24, 2.45) is 0 Å². The predicted octanol–water partition coefficient (Wildman–Crippen LogP) is 3.01. The summed E-state index contributed by atoms with van der Waals surface area (Å²) in [4.78, 5) is 27.7. The second-order valence-corrected chi connectivity index (χ2v) is 6.56. The molecule has 1 saturated carbocycles. The smallest absolute Gasteiger partial charge is 0.249 e. The van der Waals surface area contributed by atoms with Crippen LogP contribution in [-0.4, -0.2) is 34.3 Å². The maximum atomic E-state index is 13.1. The van der Waals surface area contributed by atoms with Gasteiger partial charge in [-0.3, -0.25) is 9.59 Å². The van der Waals surface area contributed by atoms with Gasteiger partial charge in [-0.25, -0.2) is 0 Å². The van der Waals surface area contributed by atoms with E-state index < -0.39 is 5.54 Å². The molecule has 1 aliphatic heterocycles. The first-order chi connectivity index (χ1) is 10.1. The minimum absolute atomic E-state index is 0.0463. The lowest BCUT2D eigenvalue weighted by atomic mass is 9.85. The molecule has 1 heterocycles. The average molecular weight is 294 g/mol. The maximum absolute atomic E-state index is 13.1. The van der Waals surface area contributed by atoms with Crippen molar-refractivity contribution in [3.8, 4) is 0 Å². The van der Waals surface area contributed by atoms with E-state index in [1.54, 1.807) is 0 Å². The van der Waals surface area contributed by atoms with E-state index in [1.165, 1.54) is 25.7 Å². The monoisotopic (exact) mass is 294 g/mol. The van der Waals surface area contributed by atoms with Gasteiger partial charge in [0.05, 0.1) is 0 Å². The largest absolute Gasteiger partial charge is 0.340 e. The molecule has 1 N–H and O–H groups in total. The van der Waals surface area contributed by atoms with E-state index in [1.807, 2.05) is 25.7 Å². The van der Waals surface area contributed by atoms with Crippen molar-refractivity contribution in [2.45, 2.75) is 96.2 Å². The average Bonchev–Trinajstić information content (AvgIpc) is 2.77. The number of carbonyl (C=O) groups excluding carboxylic acids is 2. The van der Waals surface area contributed by atoms with Crippen LogP contribution >= 0.6 is 0 Å². The molecule has 120 valence electrons. The summed E-state index contributed by atoms with van der Waals surface area (Å²) in [5.74, 6) is 0.205. The van der Waals surface area contributed by atoms with Gasteiger partial charge in [-0.1, -0.05) is 46.5 Å². The summed E-state index contributed by atoms with van der Waals surface area (Å²) in [6, 6.07) is -0.0136. The fraction of sp³-hybridized carbons (Fsp3) is 0.882. The third kappa shape index (κ3) is 2.95. The number of hydrogen-bond donors (Lipinski definition) is 1. The zero-order chi connectivity index (χ0) is 15.5. The van der Waals surface area contributed by atoms with Crippen LogP contribution in [-0.2, 0) is 9.59 Å². The molecule has 0 aromatic heterocycles. The SMILES string of the molecule is CCC1C(=O)NC(CC)(CC)C(=O)N1C1CCCCCC1. The molecule has 2 rings (SSSR count). The molecule has 21 heavy (non-hydrogen) atoms. The van der Waals surface area contributed by atoms with E-state index in [9.17, 15) is 9.59 Å². The van der Waals surface area contributed by atoms with E-state index in [4.69, 9.17) is 0 Å². The summed E-state index contributed by atoms with van der Waals surface area (Å²) >= 11 is 0. The van der Waals surface area contributed by atoms with Crippen LogP contribution in [0.15, 0.2) is 0 Å². The standard InChI is InChI=1S/C17H30N2O2/c1-4-14-15(20)18-17(5-2,6-3)16(21)19(14)13-11-9-7-8-10-12-13/h13-14H,4-12H2,1-3H3,(H,18,20). The van der Waals surface area contributed by atoms with Crippen LogP contribution in [0.4, 0.5) is 0 Å². The van der Waals surface area contributed by atoms with Crippen molar-refractivity contribution in [1.82, 2.24) is 10.2 Å². The van der Waals surface area contributed by atoms with Gasteiger partial charge < -0.3 is 10.2 Å². The molecule has 4 nitrogen and oxygen atoms in total. The molecule has 0 aromatic rings. The molecular weight excluding hydrogens is 264 g/mol. The van der Waals surface area contributed by atoms with Gasteiger partial charge in [-0.2, -0.15) is 0 Å². The van der Waals surface area contributed by atoms with Gasteiger partial charge in [0.15, 0.2) is 0 Å². The van der Waals surface area contributed by atoms with Crippen molar-refractivity contribution in [3.05, 3.63) is 0 Å². The molecule has 1 saturated heterocycles. The number of nitrogens with one attached hydrogen (secondary N) is 1. The van der Waals surface area contributed by atoms with Crippen LogP contribution in [0, 0.1) is 0 Å². The highest BCUT2D eigenvalue weighted by molar-refractivity contribution is 6.00. The first kappa shape index (κ1) is 16.3. The van der Waals surface area contributed by atoms with Gasteiger partial charge in [-0.15, -0.1) is 0 Å². The zero-order valence-corrected chi connectivity index (χ0v) is 13.8. The molecular formula is C17H30N2O2. The van der Waals surface area contributed by atoms with E-state index >= 15 is 0 Å². The van der Waals surface area contributed by atoms with Gasteiger partial charge in [-0.05, 0) is 32.1 Å². The Morgan fingerprint density at radius 2 is 1.62 bits per heavy atom. The van der Waals surface area contributed by atoms with Gasteiger partial charge >= 0.3 is 0 Å². The molecule has 0 radical (unpaired) electrons. The highest BCUT2D eigenvalue weighted by Gasteiger charge is 2.50. The van der Waals surface area contributed by atoms with Crippen LogP contribution in [0.3, 0.4) is 0 Å². The van der Waals surface area contributed by atoms with Gasteiger partial charge in [0.25, 0.3) is 0 Å². The number of piperazine rings is 1. The molecule has 2 aliphatic rings. The first-order valence-electron chi connectivity index (χ1n) is 8.74. The van der Waals surface area contributed by atoms with Gasteiger partial charge in [0.2, 0.25) is 11.8 Å². The van der Waals surface area contributed by atoms with Crippen molar-refractivity contribution in [2.75, 3.05) is 0 Å². The van der Waals surface area contributed by atoms with Gasteiger partial charge in [0, 0.05) is 6.04 Å². The van der Waals surface area contributed by atoms with Crippen LogP contribution in [0.1, 0.15) is 78.6 Å². The third-order valence-electron chi connectivity index (χ3n) is 5.46. The van der Waals surface area contributed by atoms with E-state index in [-0.39, 0.29) is 23.9 Å². The van der Waals surface area contributed by atoms with Crippen molar-refractivity contribution in [1.29, 1.82) is 0 Å². The van der Waals surface area contributed by atoms with E-state index in [0.29, 0.717) is 19.3 Å². The molecule has 0 aromatic carbocycles. The lowest BCUT2D eigenvalue weighted by Gasteiger charge is -2.48. The molecule has 0 spiro atoms. The number of hydrogen-bond acceptors (Lipinski definition) is 2. The van der Waals surface area contributed by atoms with Crippen LogP contribution in [0.25, 0.3) is 0 Å². The fourth-order valence-corrected chi connectivity index (χ4v) is 3.96. The number of nitrogens with zero attached hydrogens (tertiary/aromatic N) is 1. The predicted molar refractivity (Wildman–Crippen MR) is 83.9 cm³/mol. The minimum Gasteiger partial charge on any atom is -0.340 e. The van der Waals surface area contributed by atoms with E-state index in [2.05, 4.69) is 5.32 Å². The van der Waals surface area contributed by atoms with E-state index in [0.717, 1.165) is 12.8 Å². The van der Waals surface area contributed by atoms with Crippen LogP contribution in [0.2, 0.25) is 0 Å². The normalized spacial score (nSPS) is 27.4. The second kappa shape index (κ2) is 6.80. The zero-order valence-electron chi connectivity index (χ0n) is 13.8. The molecule has 4 heteroatoms. The van der Waals surface area contributed by atoms with Crippen molar-refractivity contribution in [3.63, 3.8) is 0 Å². The molecule has 1 unspecified atom stereocenters. The molecule has 2 fully saturated rings. The first-order valence-corrected chi connectivity index (χ1v) is 8.74. The Labute approximate surface area is 128 Å². The lowest BCUT2D eigenvalue weighted by Crippen LogP contribution is -2.71. The quantitative estimate of drug-likeness (QED) is 0.810. The molecule has 0 bridgehead atoms. The van der Waals surface area contributed by atoms with Crippen LogP contribution in [0.5, 0.6) is 0 Å². The molecule has 1 aliphatic carbocycles. The Bertz CT molecular complexity index is 382. The summed E-state index contributed by atoms with van der Waals surface area (Å²) in [6.45, 7) is 6.00. The highest BCUT2D eigenvalue weighted by atomic mass is 16.2.